The Morgan fingerprint density at radius 2 is 1.89 bits per heavy atom. The predicted molar refractivity (Wildman–Crippen MR) is 136 cm³/mol. The normalized spacial score (nSPS) is 14.1. The summed E-state index contributed by atoms with van der Waals surface area (Å²) in [5.41, 5.74) is 1.34. The summed E-state index contributed by atoms with van der Waals surface area (Å²) in [6.07, 6.45) is 3.09. The van der Waals surface area contributed by atoms with Gasteiger partial charge in [0, 0.05) is 42.7 Å². The maximum atomic E-state index is 13.4. The number of nitrogens with one attached hydrogen (secondary N) is 1. The van der Waals surface area contributed by atoms with Crippen LogP contribution in [0.5, 0.6) is 5.88 Å². The van der Waals surface area contributed by atoms with Crippen LogP contribution < -0.4 is 19.9 Å². The van der Waals surface area contributed by atoms with Crippen LogP contribution in [-0.2, 0) is 14.8 Å². The Bertz CT molecular complexity index is 1660. The first-order valence-corrected chi connectivity index (χ1v) is 13.0. The van der Waals surface area contributed by atoms with Crippen LogP contribution in [0.1, 0.15) is 0 Å². The second-order valence-electron chi connectivity index (χ2n) is 8.16. The zero-order chi connectivity index (χ0) is 26.2. The lowest BCUT2D eigenvalue weighted by Gasteiger charge is -2.27. The van der Waals surface area contributed by atoms with Gasteiger partial charge in [-0.05, 0) is 36.4 Å². The molecule has 0 saturated carbocycles. The molecule has 0 aliphatic carbocycles. The number of sulfonamides is 1. The molecular formula is C24H21ClFN5O5S. The van der Waals surface area contributed by atoms with Gasteiger partial charge >= 0.3 is 0 Å². The van der Waals surface area contributed by atoms with E-state index < -0.39 is 15.8 Å². The Morgan fingerprint density at radius 1 is 1.11 bits per heavy atom. The molecule has 5 rings (SSSR count). The summed E-state index contributed by atoms with van der Waals surface area (Å²) in [6, 6.07) is 9.42. The molecule has 4 aromatic rings. The van der Waals surface area contributed by atoms with Crippen LogP contribution in [-0.4, -0.2) is 56.2 Å². The number of halogens is 2. The molecule has 0 amide bonds. The van der Waals surface area contributed by atoms with Crippen LogP contribution in [0.4, 0.5) is 15.9 Å². The summed E-state index contributed by atoms with van der Waals surface area (Å²) in [7, 11) is -2.85. The minimum Gasteiger partial charge on any atom is -0.480 e. The first kappa shape index (κ1) is 24.9. The van der Waals surface area contributed by atoms with E-state index in [-0.39, 0.29) is 27.0 Å². The number of nitrogens with zero attached hydrogens (tertiary/aromatic N) is 4. The van der Waals surface area contributed by atoms with Gasteiger partial charge in [-0.25, -0.2) is 22.8 Å². The van der Waals surface area contributed by atoms with E-state index in [1.165, 1.54) is 29.8 Å². The molecule has 0 atom stereocenters. The SMILES string of the molecule is COc1ncc(-c2ccc3nc(N4CCOCC4)cc(=O)n3c2)cc1NS(=O)(=O)c1ccc(F)cc1Cl. The second kappa shape index (κ2) is 9.96. The van der Waals surface area contributed by atoms with Gasteiger partial charge in [-0.3, -0.25) is 13.9 Å². The Labute approximate surface area is 216 Å². The number of fused-ring (bicyclic) bond motifs is 1. The molecule has 3 aromatic heterocycles. The summed E-state index contributed by atoms with van der Waals surface area (Å²) in [6.45, 7) is 2.45. The molecule has 10 nitrogen and oxygen atoms in total. The molecule has 1 saturated heterocycles. The van der Waals surface area contributed by atoms with Crippen molar-refractivity contribution < 1.29 is 22.3 Å². The van der Waals surface area contributed by atoms with Crippen molar-refractivity contribution in [3.8, 4) is 17.0 Å². The van der Waals surface area contributed by atoms with Gasteiger partial charge in [0.05, 0.1) is 25.3 Å². The Morgan fingerprint density at radius 3 is 2.62 bits per heavy atom. The molecule has 4 heterocycles. The molecule has 192 valence electrons. The topological polar surface area (TPSA) is 115 Å². The highest BCUT2D eigenvalue weighted by Crippen LogP contribution is 2.32. The van der Waals surface area contributed by atoms with Crippen LogP contribution in [0.3, 0.4) is 0 Å². The number of benzene rings is 1. The zero-order valence-electron chi connectivity index (χ0n) is 19.5. The van der Waals surface area contributed by atoms with Crippen LogP contribution in [0.15, 0.2) is 64.5 Å². The van der Waals surface area contributed by atoms with E-state index in [2.05, 4.69) is 14.7 Å². The first-order valence-electron chi connectivity index (χ1n) is 11.1. The summed E-state index contributed by atoms with van der Waals surface area (Å²) in [5.74, 6) is -0.0630. The largest absolute Gasteiger partial charge is 0.480 e. The van der Waals surface area contributed by atoms with Crippen molar-refractivity contribution in [2.75, 3.05) is 43.0 Å². The molecule has 0 unspecified atom stereocenters. The van der Waals surface area contributed by atoms with Gasteiger partial charge in [0.25, 0.3) is 15.6 Å². The van der Waals surface area contributed by atoms with Crippen LogP contribution in [0.2, 0.25) is 5.02 Å². The Hall–Kier alpha value is -3.74. The highest BCUT2D eigenvalue weighted by atomic mass is 35.5. The van der Waals surface area contributed by atoms with E-state index in [1.54, 1.807) is 18.3 Å². The third-order valence-corrected chi connectivity index (χ3v) is 7.64. The minimum absolute atomic E-state index is 0.0142. The van der Waals surface area contributed by atoms with Gasteiger partial charge in [-0.2, -0.15) is 0 Å². The van der Waals surface area contributed by atoms with Gasteiger partial charge < -0.3 is 14.4 Å². The van der Waals surface area contributed by atoms with E-state index in [1.807, 2.05) is 4.90 Å². The summed E-state index contributed by atoms with van der Waals surface area (Å²) < 4.78 is 53.7. The van der Waals surface area contributed by atoms with Gasteiger partial charge in [0.15, 0.2) is 0 Å². The third kappa shape index (κ3) is 5.08. The lowest BCUT2D eigenvalue weighted by molar-refractivity contribution is 0.122. The van der Waals surface area contributed by atoms with E-state index >= 15 is 0 Å². The number of ether oxygens (including phenoxy) is 2. The van der Waals surface area contributed by atoms with E-state index in [9.17, 15) is 17.6 Å². The average molecular weight is 546 g/mol. The van der Waals surface area contributed by atoms with E-state index in [4.69, 9.17) is 21.1 Å². The molecule has 0 spiro atoms. The van der Waals surface area contributed by atoms with Crippen molar-refractivity contribution in [3.63, 3.8) is 0 Å². The third-order valence-electron chi connectivity index (χ3n) is 5.79. The standard InChI is InChI=1S/C24H21ClFN5O5S/c1-35-24-19(29-37(33,34)20-4-3-17(26)11-18(20)25)10-16(13-27-24)15-2-5-21-28-22(12-23(32)31(21)14-15)30-6-8-36-9-7-30/h2-5,10-14,29H,6-9H2,1H3. The summed E-state index contributed by atoms with van der Waals surface area (Å²) >= 11 is 5.96. The van der Waals surface area contributed by atoms with Gasteiger partial charge in [0.2, 0.25) is 5.88 Å². The smallest absolute Gasteiger partial charge is 0.263 e. The van der Waals surface area contributed by atoms with E-state index in [0.717, 1.165) is 18.2 Å². The monoisotopic (exact) mass is 545 g/mol. The van der Waals surface area contributed by atoms with E-state index in [0.29, 0.717) is 48.9 Å². The van der Waals surface area contributed by atoms with Gasteiger partial charge in [-0.1, -0.05) is 11.6 Å². The maximum Gasteiger partial charge on any atom is 0.263 e. The fraction of sp³-hybridized carbons (Fsp3) is 0.208. The molecule has 0 bridgehead atoms. The molecule has 1 aliphatic heterocycles. The molecular weight excluding hydrogens is 525 g/mol. The van der Waals surface area contributed by atoms with Crippen molar-refractivity contribution in [1.82, 2.24) is 14.4 Å². The average Bonchev–Trinajstić information content (AvgIpc) is 2.88. The highest BCUT2D eigenvalue weighted by Gasteiger charge is 2.22. The molecule has 1 fully saturated rings. The van der Waals surface area contributed by atoms with Crippen LogP contribution in [0, 0.1) is 5.82 Å². The number of aromatic nitrogens is 3. The second-order valence-corrected chi connectivity index (χ2v) is 10.2. The Kier molecular flexibility index (Phi) is 6.71. The Balaban J connectivity index is 1.50. The van der Waals surface area contributed by atoms with Crippen molar-refractivity contribution in [2.24, 2.45) is 0 Å². The highest BCUT2D eigenvalue weighted by molar-refractivity contribution is 7.92. The predicted octanol–water partition coefficient (Wildman–Crippen LogP) is 3.20. The number of anilines is 2. The van der Waals surface area contributed by atoms with Gasteiger partial charge in [-0.15, -0.1) is 0 Å². The molecule has 37 heavy (non-hydrogen) atoms. The van der Waals surface area contributed by atoms with Crippen molar-refractivity contribution in [1.29, 1.82) is 0 Å². The molecule has 1 aromatic carbocycles. The minimum atomic E-state index is -4.20. The number of pyridine rings is 2. The number of rotatable bonds is 6. The van der Waals surface area contributed by atoms with Crippen molar-refractivity contribution >= 4 is 38.8 Å². The number of methoxy groups -OCH3 is 1. The fourth-order valence-electron chi connectivity index (χ4n) is 3.95. The maximum absolute atomic E-state index is 13.4. The lowest BCUT2D eigenvalue weighted by atomic mass is 10.1. The quantitative estimate of drug-likeness (QED) is 0.393. The number of hydrogen-bond acceptors (Lipinski definition) is 8. The molecule has 1 N–H and O–H groups in total. The molecule has 1 aliphatic rings. The number of morpholine rings is 1. The van der Waals surface area contributed by atoms with Crippen molar-refractivity contribution in [2.45, 2.75) is 4.90 Å². The molecule has 0 radical (unpaired) electrons. The zero-order valence-corrected chi connectivity index (χ0v) is 21.1. The summed E-state index contributed by atoms with van der Waals surface area (Å²) in [4.78, 5) is 23.4. The molecule has 13 heteroatoms. The fourth-order valence-corrected chi connectivity index (χ4v) is 5.53. The summed E-state index contributed by atoms with van der Waals surface area (Å²) in [5, 5.41) is -0.270. The van der Waals surface area contributed by atoms with Crippen molar-refractivity contribution in [3.05, 3.63) is 76.1 Å². The van der Waals surface area contributed by atoms with Crippen LogP contribution in [0.25, 0.3) is 16.8 Å². The van der Waals surface area contributed by atoms with Gasteiger partial charge in [0.1, 0.15) is 27.9 Å². The van der Waals surface area contributed by atoms with Crippen LogP contribution >= 0.6 is 11.6 Å². The number of hydrogen-bond donors (Lipinski definition) is 1. The first-order chi connectivity index (χ1) is 17.7. The lowest BCUT2D eigenvalue weighted by Crippen LogP contribution is -2.37.